The van der Waals surface area contributed by atoms with Crippen LogP contribution in [0.3, 0.4) is 0 Å². The van der Waals surface area contributed by atoms with Crippen molar-refractivity contribution in [3.05, 3.63) is 59.8 Å². The molecular weight excluding hydrogens is 288 g/mol. The van der Waals surface area contributed by atoms with Crippen LogP contribution in [0.5, 0.6) is 5.88 Å². The van der Waals surface area contributed by atoms with Crippen LogP contribution in [0.15, 0.2) is 53.7 Å². The fraction of sp³-hybridized carbons (Fsp3) is 0.333. The molecule has 0 fully saturated rings. The van der Waals surface area contributed by atoms with Crippen molar-refractivity contribution in [3.63, 3.8) is 0 Å². The fourth-order valence-electron chi connectivity index (χ4n) is 1.94. The number of guanidine groups is 1. The minimum absolute atomic E-state index is 0.320. The molecule has 0 bridgehead atoms. The summed E-state index contributed by atoms with van der Waals surface area (Å²) in [5, 5.41) is 3.14. The molecule has 1 aromatic carbocycles. The van der Waals surface area contributed by atoms with Crippen molar-refractivity contribution < 1.29 is 4.74 Å². The van der Waals surface area contributed by atoms with Crippen LogP contribution < -0.4 is 15.8 Å². The first-order valence-electron chi connectivity index (χ1n) is 7.85. The first-order chi connectivity index (χ1) is 11.2. The summed E-state index contributed by atoms with van der Waals surface area (Å²) in [6.07, 6.45) is 2.73. The van der Waals surface area contributed by atoms with Gasteiger partial charge in [0.05, 0.1) is 6.54 Å². The summed E-state index contributed by atoms with van der Waals surface area (Å²) in [6, 6.07) is 14.1. The van der Waals surface area contributed by atoms with E-state index in [9.17, 15) is 0 Å². The van der Waals surface area contributed by atoms with E-state index in [1.165, 1.54) is 0 Å². The molecule has 0 amide bonds. The fourth-order valence-corrected chi connectivity index (χ4v) is 1.94. The average molecular weight is 312 g/mol. The van der Waals surface area contributed by atoms with E-state index >= 15 is 0 Å². The number of nitrogens with zero attached hydrogens (tertiary/aromatic N) is 2. The Labute approximate surface area is 137 Å². The number of aromatic nitrogens is 1. The number of benzene rings is 1. The SMILES string of the molecule is CCC(C)NC(N)=NCc1ccnc(OCc2ccccc2)c1. The van der Waals surface area contributed by atoms with Crippen LogP contribution in [0, 0.1) is 0 Å². The minimum Gasteiger partial charge on any atom is -0.473 e. The van der Waals surface area contributed by atoms with Gasteiger partial charge in [0.2, 0.25) is 5.88 Å². The molecule has 122 valence electrons. The topological polar surface area (TPSA) is 72.5 Å². The number of pyridine rings is 1. The zero-order chi connectivity index (χ0) is 16.5. The molecule has 1 heterocycles. The maximum absolute atomic E-state index is 5.86. The number of ether oxygens (including phenoxy) is 1. The van der Waals surface area contributed by atoms with Crippen LogP contribution in [0.4, 0.5) is 0 Å². The van der Waals surface area contributed by atoms with Gasteiger partial charge in [-0.3, -0.25) is 0 Å². The van der Waals surface area contributed by atoms with Gasteiger partial charge < -0.3 is 15.8 Å². The van der Waals surface area contributed by atoms with Gasteiger partial charge in [0.15, 0.2) is 5.96 Å². The highest BCUT2D eigenvalue weighted by atomic mass is 16.5. The summed E-state index contributed by atoms with van der Waals surface area (Å²) in [5.41, 5.74) is 7.98. The molecule has 0 spiro atoms. The third kappa shape index (κ3) is 5.98. The third-order valence-electron chi connectivity index (χ3n) is 3.47. The first-order valence-corrected chi connectivity index (χ1v) is 7.85. The maximum Gasteiger partial charge on any atom is 0.213 e. The van der Waals surface area contributed by atoms with Gasteiger partial charge >= 0.3 is 0 Å². The Morgan fingerprint density at radius 3 is 2.78 bits per heavy atom. The number of rotatable bonds is 7. The zero-order valence-corrected chi connectivity index (χ0v) is 13.7. The number of nitrogens with one attached hydrogen (secondary N) is 1. The molecule has 0 aliphatic carbocycles. The van der Waals surface area contributed by atoms with E-state index < -0.39 is 0 Å². The van der Waals surface area contributed by atoms with Crippen LogP contribution >= 0.6 is 0 Å². The lowest BCUT2D eigenvalue weighted by molar-refractivity contribution is 0.293. The van der Waals surface area contributed by atoms with Gasteiger partial charge in [-0.2, -0.15) is 0 Å². The Hall–Kier alpha value is -2.56. The average Bonchev–Trinajstić information content (AvgIpc) is 2.59. The lowest BCUT2D eigenvalue weighted by Crippen LogP contribution is -2.38. The lowest BCUT2D eigenvalue weighted by atomic mass is 10.2. The highest BCUT2D eigenvalue weighted by molar-refractivity contribution is 5.78. The molecule has 0 saturated heterocycles. The van der Waals surface area contributed by atoms with Crippen LogP contribution in [0.2, 0.25) is 0 Å². The van der Waals surface area contributed by atoms with Crippen LogP contribution in [0.1, 0.15) is 31.4 Å². The molecule has 2 aromatic rings. The van der Waals surface area contributed by atoms with Gasteiger partial charge in [0, 0.05) is 18.3 Å². The molecule has 0 aliphatic rings. The van der Waals surface area contributed by atoms with E-state index in [0.29, 0.717) is 31.0 Å². The molecule has 23 heavy (non-hydrogen) atoms. The lowest BCUT2D eigenvalue weighted by Gasteiger charge is -2.11. The smallest absolute Gasteiger partial charge is 0.213 e. The number of nitrogens with two attached hydrogens (primary N) is 1. The Morgan fingerprint density at radius 2 is 2.04 bits per heavy atom. The molecule has 5 heteroatoms. The first kappa shape index (κ1) is 16.8. The molecule has 2 rings (SSSR count). The standard InChI is InChI=1S/C18H24N4O/c1-3-14(2)22-18(19)21-12-16-9-10-20-17(11-16)23-13-15-7-5-4-6-8-15/h4-11,14H,3,12-13H2,1-2H3,(H3,19,21,22). The molecular formula is C18H24N4O. The van der Waals surface area contributed by atoms with Crippen LogP contribution in [-0.2, 0) is 13.2 Å². The highest BCUT2D eigenvalue weighted by Crippen LogP contribution is 2.12. The summed E-state index contributed by atoms with van der Waals surface area (Å²) < 4.78 is 5.72. The second kappa shape index (κ2) is 8.78. The summed E-state index contributed by atoms with van der Waals surface area (Å²) >= 11 is 0. The van der Waals surface area contributed by atoms with Crippen molar-refractivity contribution in [3.8, 4) is 5.88 Å². The summed E-state index contributed by atoms with van der Waals surface area (Å²) in [4.78, 5) is 8.57. The van der Waals surface area contributed by atoms with Gasteiger partial charge in [0.1, 0.15) is 6.61 Å². The Morgan fingerprint density at radius 1 is 1.26 bits per heavy atom. The van der Waals surface area contributed by atoms with Gasteiger partial charge in [-0.1, -0.05) is 37.3 Å². The Balaban J connectivity index is 1.90. The van der Waals surface area contributed by atoms with Crippen LogP contribution in [0.25, 0.3) is 0 Å². The predicted octanol–water partition coefficient (Wildman–Crippen LogP) is 2.86. The summed E-state index contributed by atoms with van der Waals surface area (Å²) in [7, 11) is 0. The Kier molecular flexibility index (Phi) is 6.41. The number of hydrogen-bond donors (Lipinski definition) is 2. The highest BCUT2D eigenvalue weighted by Gasteiger charge is 2.01. The molecule has 5 nitrogen and oxygen atoms in total. The van der Waals surface area contributed by atoms with E-state index in [4.69, 9.17) is 10.5 Å². The van der Waals surface area contributed by atoms with Crippen LogP contribution in [-0.4, -0.2) is 17.0 Å². The maximum atomic E-state index is 5.86. The van der Waals surface area contributed by atoms with Crippen molar-refractivity contribution in [2.45, 2.75) is 39.5 Å². The van der Waals surface area contributed by atoms with E-state index in [-0.39, 0.29) is 0 Å². The van der Waals surface area contributed by atoms with Crippen molar-refractivity contribution in [1.82, 2.24) is 10.3 Å². The second-order valence-electron chi connectivity index (χ2n) is 5.43. The minimum atomic E-state index is 0.320. The molecule has 1 atom stereocenters. The number of hydrogen-bond acceptors (Lipinski definition) is 3. The van der Waals surface area contributed by atoms with E-state index in [1.54, 1.807) is 6.20 Å². The van der Waals surface area contributed by atoms with E-state index in [1.807, 2.05) is 42.5 Å². The molecule has 1 unspecified atom stereocenters. The van der Waals surface area contributed by atoms with Gasteiger partial charge in [-0.05, 0) is 30.5 Å². The normalized spacial score (nSPS) is 12.7. The number of aliphatic imine (C=N–C) groups is 1. The van der Waals surface area contributed by atoms with Crippen molar-refractivity contribution >= 4 is 5.96 Å². The van der Waals surface area contributed by atoms with Gasteiger partial charge in [0.25, 0.3) is 0 Å². The van der Waals surface area contributed by atoms with E-state index in [0.717, 1.165) is 17.5 Å². The zero-order valence-electron chi connectivity index (χ0n) is 13.7. The molecule has 0 aliphatic heterocycles. The Bertz CT molecular complexity index is 628. The molecule has 0 radical (unpaired) electrons. The quantitative estimate of drug-likeness (QED) is 0.609. The molecule has 1 aromatic heterocycles. The molecule has 0 saturated carbocycles. The van der Waals surface area contributed by atoms with Crippen molar-refractivity contribution in [2.75, 3.05) is 0 Å². The monoisotopic (exact) mass is 312 g/mol. The molecule has 3 N–H and O–H groups in total. The predicted molar refractivity (Wildman–Crippen MR) is 93.2 cm³/mol. The second-order valence-corrected chi connectivity index (χ2v) is 5.43. The summed E-state index contributed by atoms with van der Waals surface area (Å²) in [6.45, 7) is 5.17. The van der Waals surface area contributed by atoms with Gasteiger partial charge in [-0.25, -0.2) is 9.98 Å². The third-order valence-corrected chi connectivity index (χ3v) is 3.47. The largest absolute Gasteiger partial charge is 0.473 e. The summed E-state index contributed by atoms with van der Waals surface area (Å²) in [5.74, 6) is 1.05. The van der Waals surface area contributed by atoms with Crippen molar-refractivity contribution in [1.29, 1.82) is 0 Å². The van der Waals surface area contributed by atoms with E-state index in [2.05, 4.69) is 29.1 Å². The van der Waals surface area contributed by atoms with Crippen molar-refractivity contribution in [2.24, 2.45) is 10.7 Å². The van der Waals surface area contributed by atoms with Gasteiger partial charge in [-0.15, -0.1) is 0 Å².